The monoisotopic (exact) mass is 402 g/mol. The molecule has 0 saturated heterocycles. The quantitative estimate of drug-likeness (QED) is 0.354. The van der Waals surface area contributed by atoms with Crippen molar-refractivity contribution in [2.45, 2.75) is 37.2 Å². The summed E-state index contributed by atoms with van der Waals surface area (Å²) in [7, 11) is 0. The number of esters is 1. The van der Waals surface area contributed by atoms with Gasteiger partial charge in [-0.15, -0.1) is 0 Å². The molecule has 0 aromatic rings. The molecule has 1 atom stereocenters. The third kappa shape index (κ3) is 5.05. The van der Waals surface area contributed by atoms with Crippen LogP contribution in [-0.4, -0.2) is 56.0 Å². The highest BCUT2D eigenvalue weighted by atomic mass is 19.4. The standard InChI is InChI=1S/C10H9F11O4/c1-2-23-3-4-24-5(22)6(11,8(14,15)16)25-10(20,21)7(12,13)9(17,18)19/h2-4H2,1H3/t6-/m1/s1. The van der Waals surface area contributed by atoms with Gasteiger partial charge in [-0.1, -0.05) is 0 Å². The lowest BCUT2D eigenvalue weighted by Gasteiger charge is -2.33. The maximum atomic E-state index is 13.6. The van der Waals surface area contributed by atoms with Gasteiger partial charge in [-0.25, -0.2) is 4.79 Å². The first-order chi connectivity index (χ1) is 10.9. The van der Waals surface area contributed by atoms with E-state index in [9.17, 15) is 53.1 Å². The lowest BCUT2D eigenvalue weighted by molar-refractivity contribution is -0.475. The summed E-state index contributed by atoms with van der Waals surface area (Å²) in [6, 6.07) is 0. The number of carbonyl (C=O) groups excluding carboxylic acids is 1. The minimum absolute atomic E-state index is 0.0516. The molecule has 0 N–H and O–H groups in total. The van der Waals surface area contributed by atoms with E-state index in [1.807, 2.05) is 4.74 Å². The molecule has 0 aliphatic heterocycles. The molecule has 0 aliphatic rings. The Morgan fingerprint density at radius 1 is 0.800 bits per heavy atom. The average molecular weight is 402 g/mol. The van der Waals surface area contributed by atoms with Crippen LogP contribution in [0.25, 0.3) is 0 Å². The Morgan fingerprint density at radius 2 is 1.28 bits per heavy atom. The molecule has 0 spiro atoms. The van der Waals surface area contributed by atoms with E-state index in [1.54, 1.807) is 0 Å². The molecule has 150 valence electrons. The summed E-state index contributed by atoms with van der Waals surface area (Å²) < 4.78 is 147. The van der Waals surface area contributed by atoms with E-state index in [2.05, 4.69) is 9.47 Å². The number of carbonyl (C=O) groups is 1. The first kappa shape index (κ1) is 23.6. The van der Waals surface area contributed by atoms with E-state index in [-0.39, 0.29) is 6.61 Å². The maximum absolute atomic E-state index is 13.6. The van der Waals surface area contributed by atoms with Crippen LogP contribution in [0.4, 0.5) is 48.3 Å². The average Bonchev–Trinajstić information content (AvgIpc) is 2.40. The fourth-order valence-corrected chi connectivity index (χ4v) is 1.05. The van der Waals surface area contributed by atoms with Crippen molar-refractivity contribution in [3.05, 3.63) is 0 Å². The number of alkyl halides is 11. The van der Waals surface area contributed by atoms with Crippen molar-refractivity contribution in [3.63, 3.8) is 0 Å². The van der Waals surface area contributed by atoms with Gasteiger partial charge in [0.1, 0.15) is 6.61 Å². The molecule has 0 saturated carbocycles. The minimum atomic E-state index is -7.24. The first-order valence-corrected chi connectivity index (χ1v) is 5.97. The zero-order valence-electron chi connectivity index (χ0n) is 11.9. The molecular formula is C10H9F11O4. The number of rotatable bonds is 8. The largest absolute Gasteiger partial charge is 0.462 e. The summed E-state index contributed by atoms with van der Waals surface area (Å²) in [5.41, 5.74) is 0. The maximum Gasteiger partial charge on any atom is 0.462 e. The van der Waals surface area contributed by atoms with Gasteiger partial charge in [-0.3, -0.25) is 4.74 Å². The molecule has 25 heavy (non-hydrogen) atoms. The molecule has 0 aliphatic carbocycles. The summed E-state index contributed by atoms with van der Waals surface area (Å²) in [4.78, 5) is 11.0. The highest BCUT2D eigenvalue weighted by molar-refractivity contribution is 5.78. The van der Waals surface area contributed by atoms with Crippen molar-refractivity contribution in [2.24, 2.45) is 0 Å². The van der Waals surface area contributed by atoms with Crippen molar-refractivity contribution in [1.29, 1.82) is 0 Å². The number of hydrogen-bond acceptors (Lipinski definition) is 4. The Bertz CT molecular complexity index is 459. The summed E-state index contributed by atoms with van der Waals surface area (Å²) >= 11 is 0. The highest BCUT2D eigenvalue weighted by Crippen LogP contribution is 2.51. The predicted octanol–water partition coefficient (Wildman–Crippen LogP) is 3.60. The molecule has 0 radical (unpaired) electrons. The van der Waals surface area contributed by atoms with Gasteiger partial charge in [0.15, 0.2) is 0 Å². The van der Waals surface area contributed by atoms with Gasteiger partial charge < -0.3 is 9.47 Å². The summed E-state index contributed by atoms with van der Waals surface area (Å²) in [5.74, 6) is -16.8. The fourth-order valence-electron chi connectivity index (χ4n) is 1.05. The normalized spacial score (nSPS) is 16.5. The molecular weight excluding hydrogens is 393 g/mol. The number of hydrogen-bond donors (Lipinski definition) is 0. The molecule has 15 heteroatoms. The van der Waals surface area contributed by atoms with Crippen LogP contribution in [0.3, 0.4) is 0 Å². The molecule has 0 fully saturated rings. The van der Waals surface area contributed by atoms with Crippen molar-refractivity contribution >= 4 is 5.97 Å². The second-order valence-corrected chi connectivity index (χ2v) is 4.12. The van der Waals surface area contributed by atoms with E-state index in [0.29, 0.717) is 0 Å². The van der Waals surface area contributed by atoms with Crippen LogP contribution in [0.1, 0.15) is 6.92 Å². The van der Waals surface area contributed by atoms with Gasteiger partial charge in [0, 0.05) is 6.61 Å². The summed E-state index contributed by atoms with van der Waals surface area (Å²) in [5, 5.41) is 0. The van der Waals surface area contributed by atoms with Crippen LogP contribution in [0.15, 0.2) is 0 Å². The predicted molar refractivity (Wildman–Crippen MR) is 54.4 cm³/mol. The zero-order valence-corrected chi connectivity index (χ0v) is 11.9. The van der Waals surface area contributed by atoms with Crippen molar-refractivity contribution in [2.75, 3.05) is 19.8 Å². The third-order valence-corrected chi connectivity index (χ3v) is 2.28. The van der Waals surface area contributed by atoms with Crippen LogP contribution >= 0.6 is 0 Å². The van der Waals surface area contributed by atoms with Crippen LogP contribution in [0.2, 0.25) is 0 Å². The van der Waals surface area contributed by atoms with Crippen molar-refractivity contribution < 1.29 is 67.3 Å². The summed E-state index contributed by atoms with van der Waals surface area (Å²) in [6.07, 6.45) is -21.0. The summed E-state index contributed by atoms with van der Waals surface area (Å²) in [6.45, 7) is -0.478. The van der Waals surface area contributed by atoms with E-state index >= 15 is 0 Å². The van der Waals surface area contributed by atoms with Crippen molar-refractivity contribution in [3.8, 4) is 0 Å². The van der Waals surface area contributed by atoms with Gasteiger partial charge in [0.05, 0.1) is 6.61 Å². The van der Waals surface area contributed by atoms with Gasteiger partial charge >= 0.3 is 36.2 Å². The van der Waals surface area contributed by atoms with Crippen LogP contribution in [0.5, 0.6) is 0 Å². The smallest absolute Gasteiger partial charge is 0.459 e. The number of ether oxygens (including phenoxy) is 3. The zero-order chi connectivity index (χ0) is 20.3. The molecule has 0 rings (SSSR count). The molecule has 0 bridgehead atoms. The van der Waals surface area contributed by atoms with E-state index in [4.69, 9.17) is 0 Å². The topological polar surface area (TPSA) is 44.8 Å². The van der Waals surface area contributed by atoms with Crippen LogP contribution in [0, 0.1) is 0 Å². The van der Waals surface area contributed by atoms with E-state index < -0.39 is 49.4 Å². The Balaban J connectivity index is 5.59. The molecule has 4 nitrogen and oxygen atoms in total. The van der Waals surface area contributed by atoms with Gasteiger partial charge in [0.25, 0.3) is 0 Å². The Kier molecular flexibility index (Phi) is 7.06. The molecule has 0 amide bonds. The third-order valence-electron chi connectivity index (χ3n) is 2.28. The first-order valence-electron chi connectivity index (χ1n) is 5.97. The Hall–Kier alpha value is -1.38. The SMILES string of the molecule is CCOCCOC(=O)[C@@](F)(OC(F)(F)C(F)(F)C(F)(F)F)C(F)(F)F. The molecule has 0 heterocycles. The van der Waals surface area contributed by atoms with Gasteiger partial charge in [-0.2, -0.15) is 48.3 Å². The van der Waals surface area contributed by atoms with Crippen LogP contribution in [-0.2, 0) is 19.0 Å². The Morgan fingerprint density at radius 3 is 1.64 bits per heavy atom. The minimum Gasteiger partial charge on any atom is -0.459 e. The van der Waals surface area contributed by atoms with Gasteiger partial charge in [0.2, 0.25) is 0 Å². The molecule has 0 aromatic heterocycles. The van der Waals surface area contributed by atoms with E-state index in [1.165, 1.54) is 6.92 Å². The fraction of sp³-hybridized carbons (Fsp3) is 0.900. The second-order valence-electron chi connectivity index (χ2n) is 4.12. The molecule has 0 aromatic carbocycles. The second kappa shape index (κ2) is 7.47. The molecule has 0 unspecified atom stereocenters. The Labute approximate surface area is 131 Å². The van der Waals surface area contributed by atoms with E-state index in [0.717, 1.165) is 0 Å². The van der Waals surface area contributed by atoms with Gasteiger partial charge in [-0.05, 0) is 6.92 Å². The highest BCUT2D eigenvalue weighted by Gasteiger charge is 2.80. The lowest BCUT2D eigenvalue weighted by Crippen LogP contribution is -2.61. The number of halogens is 11. The lowest BCUT2D eigenvalue weighted by atomic mass is 10.2. The van der Waals surface area contributed by atoms with Crippen molar-refractivity contribution in [1.82, 2.24) is 0 Å². The van der Waals surface area contributed by atoms with Crippen LogP contribution < -0.4 is 0 Å².